The third-order valence-corrected chi connectivity index (χ3v) is 13.4. The van der Waals surface area contributed by atoms with Crippen LogP contribution in [0.25, 0.3) is 98.8 Å². The van der Waals surface area contributed by atoms with E-state index in [4.69, 9.17) is 4.42 Å². The molecule has 0 amide bonds. The number of nitrogens with zero attached hydrogens (tertiary/aromatic N) is 2. The zero-order chi connectivity index (χ0) is 42.8. The normalized spacial score (nSPS) is 13.0. The van der Waals surface area contributed by atoms with Gasteiger partial charge in [-0.05, 0) is 99.8 Å². The van der Waals surface area contributed by atoms with Gasteiger partial charge in [0.05, 0.1) is 22.4 Å². The first-order valence-electron chi connectivity index (χ1n) is 22.6. The van der Waals surface area contributed by atoms with E-state index in [9.17, 15) is 0 Å². The Bertz CT molecular complexity index is 3830. The maximum absolute atomic E-state index is 6.59. The molecular weight excluding hydrogens is 789 g/mol. The zero-order valence-corrected chi connectivity index (χ0v) is 35.7. The summed E-state index contributed by atoms with van der Waals surface area (Å²) < 4.78 is 9.05. The van der Waals surface area contributed by atoms with Gasteiger partial charge in [0.2, 0.25) is 0 Å². The van der Waals surface area contributed by atoms with E-state index in [1.807, 2.05) is 6.07 Å². The summed E-state index contributed by atoms with van der Waals surface area (Å²) in [6, 6.07) is 79.4. The number of rotatable bonds is 7. The van der Waals surface area contributed by atoms with Gasteiger partial charge in [0, 0.05) is 49.4 Å². The number of hydrogen-bond donors (Lipinski definition) is 0. The van der Waals surface area contributed by atoms with E-state index in [1.165, 1.54) is 77.0 Å². The number of fused-ring (bicyclic) bond motifs is 9. The van der Waals surface area contributed by atoms with Crippen molar-refractivity contribution in [3.8, 4) is 27.9 Å². The maximum atomic E-state index is 6.59. The molecule has 0 bridgehead atoms. The summed E-state index contributed by atoms with van der Waals surface area (Å²) >= 11 is 0. The Labute approximate surface area is 377 Å². The summed E-state index contributed by atoms with van der Waals surface area (Å²) in [4.78, 5) is 2.51. The first kappa shape index (κ1) is 37.2. The van der Waals surface area contributed by atoms with Gasteiger partial charge in [0.25, 0.3) is 0 Å². The highest BCUT2D eigenvalue weighted by Gasteiger charge is 2.24. The largest absolute Gasteiger partial charge is 0.455 e. The Kier molecular flexibility index (Phi) is 8.67. The van der Waals surface area contributed by atoms with Crippen LogP contribution < -0.4 is 4.90 Å². The summed E-state index contributed by atoms with van der Waals surface area (Å²) in [5.41, 5.74) is 15.9. The van der Waals surface area contributed by atoms with Crippen LogP contribution in [0, 0.1) is 0 Å². The molecule has 0 fully saturated rings. The Balaban J connectivity index is 0.999. The standard InChI is InChI=1S/C62H42N2O/c1-2-16-41(17-3-1)43-34-37-49(59(39-43)64-57-29-11-8-24-53(57)54-25-9-12-30-58(54)64)42-32-35-46(36-33-42)63(60-40-45-18-4-5-21-48(45)51-22-6-7-23-52(51)60)47-20-14-19-44(38-47)50-27-15-28-56-55-26-10-13-31-61(55)65-62(50)56/h1-13,15-19,21-40H,14,20H2. The number of hydrogen-bond acceptors (Lipinski definition) is 2. The fourth-order valence-corrected chi connectivity index (χ4v) is 10.4. The highest BCUT2D eigenvalue weighted by atomic mass is 16.3. The van der Waals surface area contributed by atoms with Gasteiger partial charge in [-0.15, -0.1) is 0 Å². The average Bonchev–Trinajstić information content (AvgIpc) is 3.93. The first-order chi connectivity index (χ1) is 32.2. The van der Waals surface area contributed by atoms with Crippen molar-refractivity contribution in [3.05, 3.63) is 242 Å². The van der Waals surface area contributed by atoms with E-state index in [2.05, 4.69) is 234 Å². The van der Waals surface area contributed by atoms with Crippen molar-refractivity contribution < 1.29 is 4.42 Å². The molecule has 0 atom stereocenters. The number of para-hydroxylation sites is 4. The van der Waals surface area contributed by atoms with Crippen molar-refractivity contribution in [3.63, 3.8) is 0 Å². The molecule has 0 saturated heterocycles. The summed E-state index contributed by atoms with van der Waals surface area (Å²) in [5, 5.41) is 9.73. The molecule has 0 unspecified atom stereocenters. The summed E-state index contributed by atoms with van der Waals surface area (Å²) in [6.07, 6.45) is 6.57. The highest BCUT2D eigenvalue weighted by Crippen LogP contribution is 2.45. The third kappa shape index (κ3) is 6.12. The lowest BCUT2D eigenvalue weighted by molar-refractivity contribution is 0.667. The molecule has 2 aromatic heterocycles. The van der Waals surface area contributed by atoms with E-state index in [-0.39, 0.29) is 0 Å². The predicted octanol–water partition coefficient (Wildman–Crippen LogP) is 17.2. The SMILES string of the molecule is C1=C(c2cccc3c2oc2ccccc23)C=C(N(c2ccc(-c3ccc(-c4ccccc4)cc3-n3c4ccccc4c4ccccc43)cc2)c2cc3ccccc3c3ccccc23)CC1. The number of furan rings is 1. The number of allylic oxidation sites excluding steroid dienone is 4. The molecule has 3 nitrogen and oxygen atoms in total. The Morgan fingerprint density at radius 1 is 0.431 bits per heavy atom. The minimum absolute atomic E-state index is 0.890. The molecule has 0 saturated carbocycles. The molecule has 0 spiro atoms. The Hall–Kier alpha value is -8.40. The van der Waals surface area contributed by atoms with Gasteiger partial charge >= 0.3 is 0 Å². The molecule has 13 rings (SSSR count). The van der Waals surface area contributed by atoms with Gasteiger partial charge in [-0.1, -0.05) is 182 Å². The van der Waals surface area contributed by atoms with Crippen molar-refractivity contribution in [1.29, 1.82) is 0 Å². The van der Waals surface area contributed by atoms with E-state index < -0.39 is 0 Å². The molecule has 1 aliphatic carbocycles. The maximum Gasteiger partial charge on any atom is 0.143 e. The third-order valence-electron chi connectivity index (χ3n) is 13.4. The molecule has 10 aromatic carbocycles. The molecule has 12 aromatic rings. The van der Waals surface area contributed by atoms with Crippen LogP contribution >= 0.6 is 0 Å². The monoisotopic (exact) mass is 830 g/mol. The van der Waals surface area contributed by atoms with Crippen LogP contribution in [-0.2, 0) is 0 Å². The van der Waals surface area contributed by atoms with Gasteiger partial charge in [-0.2, -0.15) is 0 Å². The van der Waals surface area contributed by atoms with Crippen molar-refractivity contribution in [2.45, 2.75) is 12.8 Å². The summed E-state index contributed by atoms with van der Waals surface area (Å²) in [6.45, 7) is 0. The van der Waals surface area contributed by atoms with Gasteiger partial charge in [-0.25, -0.2) is 0 Å². The summed E-state index contributed by atoms with van der Waals surface area (Å²) in [7, 11) is 0. The quantitative estimate of drug-likeness (QED) is 0.149. The van der Waals surface area contributed by atoms with Gasteiger partial charge in [-0.3, -0.25) is 0 Å². The van der Waals surface area contributed by atoms with Crippen molar-refractivity contribution in [2.75, 3.05) is 4.90 Å². The molecule has 2 heterocycles. The first-order valence-corrected chi connectivity index (χ1v) is 22.6. The minimum atomic E-state index is 0.890. The molecular formula is C62H42N2O. The average molecular weight is 831 g/mol. The molecule has 1 aliphatic rings. The van der Waals surface area contributed by atoms with E-state index in [1.54, 1.807) is 0 Å². The second kappa shape index (κ2) is 15.1. The molecule has 0 N–H and O–H groups in total. The number of aromatic nitrogens is 1. The van der Waals surface area contributed by atoms with Gasteiger partial charge in [0.15, 0.2) is 0 Å². The lowest BCUT2D eigenvalue weighted by Gasteiger charge is -2.31. The molecule has 65 heavy (non-hydrogen) atoms. The van der Waals surface area contributed by atoms with E-state index in [0.717, 1.165) is 57.3 Å². The smallest absolute Gasteiger partial charge is 0.143 e. The fraction of sp³-hybridized carbons (Fsp3) is 0.0323. The number of anilines is 2. The Morgan fingerprint density at radius 2 is 1.06 bits per heavy atom. The van der Waals surface area contributed by atoms with Crippen LogP contribution in [0.2, 0.25) is 0 Å². The van der Waals surface area contributed by atoms with Crippen LogP contribution in [0.3, 0.4) is 0 Å². The van der Waals surface area contributed by atoms with Crippen LogP contribution in [0.4, 0.5) is 11.4 Å². The van der Waals surface area contributed by atoms with Crippen LogP contribution in [0.1, 0.15) is 18.4 Å². The van der Waals surface area contributed by atoms with Crippen molar-refractivity contribution in [2.24, 2.45) is 0 Å². The summed E-state index contributed by atoms with van der Waals surface area (Å²) in [5.74, 6) is 0. The van der Waals surface area contributed by atoms with Crippen molar-refractivity contribution in [1.82, 2.24) is 4.57 Å². The van der Waals surface area contributed by atoms with Crippen LogP contribution in [-0.4, -0.2) is 4.57 Å². The predicted molar refractivity (Wildman–Crippen MR) is 274 cm³/mol. The number of benzene rings is 10. The zero-order valence-electron chi connectivity index (χ0n) is 35.7. The molecule has 3 heteroatoms. The van der Waals surface area contributed by atoms with Crippen LogP contribution in [0.5, 0.6) is 0 Å². The Morgan fingerprint density at radius 3 is 1.85 bits per heavy atom. The van der Waals surface area contributed by atoms with Crippen LogP contribution in [0.15, 0.2) is 241 Å². The lowest BCUT2D eigenvalue weighted by atomic mass is 9.93. The van der Waals surface area contributed by atoms with Gasteiger partial charge in [0.1, 0.15) is 11.2 Å². The van der Waals surface area contributed by atoms with E-state index in [0.29, 0.717) is 0 Å². The molecule has 0 radical (unpaired) electrons. The van der Waals surface area contributed by atoms with E-state index >= 15 is 0 Å². The fourth-order valence-electron chi connectivity index (χ4n) is 10.4. The minimum Gasteiger partial charge on any atom is -0.455 e. The molecule has 306 valence electrons. The van der Waals surface area contributed by atoms with Crippen molar-refractivity contribution >= 4 is 82.2 Å². The topological polar surface area (TPSA) is 21.3 Å². The lowest BCUT2D eigenvalue weighted by Crippen LogP contribution is -2.18. The highest BCUT2D eigenvalue weighted by molar-refractivity contribution is 6.15. The van der Waals surface area contributed by atoms with Gasteiger partial charge < -0.3 is 13.9 Å². The second-order valence-corrected chi connectivity index (χ2v) is 17.1. The second-order valence-electron chi connectivity index (χ2n) is 17.1. The molecule has 0 aliphatic heterocycles.